The van der Waals surface area contributed by atoms with Crippen LogP contribution in [0.2, 0.25) is 0 Å². The highest BCUT2D eigenvalue weighted by atomic mass is 32.1. The zero-order valence-electron chi connectivity index (χ0n) is 12.1. The molecule has 1 heterocycles. The van der Waals surface area contributed by atoms with Crippen LogP contribution in [0.4, 0.5) is 0 Å². The van der Waals surface area contributed by atoms with Crippen LogP contribution in [0.3, 0.4) is 0 Å². The SMILES string of the molecule is CCCc1nnsc1C(=O)NCC(O)CC(C)(C)C. The number of aliphatic hydroxyl groups excluding tert-OH is 1. The van der Waals surface area contributed by atoms with Crippen LogP contribution in [0.1, 0.15) is 55.9 Å². The van der Waals surface area contributed by atoms with E-state index in [1.807, 2.05) is 6.92 Å². The minimum Gasteiger partial charge on any atom is -0.391 e. The molecule has 5 nitrogen and oxygen atoms in total. The molecule has 0 radical (unpaired) electrons. The second-order valence-electron chi connectivity index (χ2n) is 5.93. The summed E-state index contributed by atoms with van der Waals surface area (Å²) in [6, 6.07) is 0. The van der Waals surface area contributed by atoms with Crippen molar-refractivity contribution in [1.82, 2.24) is 14.9 Å². The van der Waals surface area contributed by atoms with Crippen molar-refractivity contribution in [2.75, 3.05) is 6.54 Å². The molecule has 0 saturated carbocycles. The first kappa shape index (κ1) is 16.0. The summed E-state index contributed by atoms with van der Waals surface area (Å²) in [6.07, 6.45) is 1.80. The third-order valence-electron chi connectivity index (χ3n) is 2.60. The van der Waals surface area contributed by atoms with E-state index in [9.17, 15) is 9.90 Å². The van der Waals surface area contributed by atoms with Gasteiger partial charge in [0.1, 0.15) is 4.88 Å². The molecule has 19 heavy (non-hydrogen) atoms. The minimum atomic E-state index is -0.528. The highest BCUT2D eigenvalue weighted by Gasteiger charge is 2.19. The summed E-state index contributed by atoms with van der Waals surface area (Å²) < 4.78 is 3.82. The molecule has 0 spiro atoms. The van der Waals surface area contributed by atoms with Crippen LogP contribution in [-0.4, -0.2) is 33.2 Å². The first-order valence-corrected chi connectivity index (χ1v) is 7.38. The van der Waals surface area contributed by atoms with Gasteiger partial charge >= 0.3 is 0 Å². The van der Waals surface area contributed by atoms with Gasteiger partial charge in [0.05, 0.1) is 11.8 Å². The van der Waals surface area contributed by atoms with Crippen molar-refractivity contribution in [1.29, 1.82) is 0 Å². The second-order valence-corrected chi connectivity index (χ2v) is 6.68. The highest BCUT2D eigenvalue weighted by Crippen LogP contribution is 2.20. The normalized spacial score (nSPS) is 13.3. The van der Waals surface area contributed by atoms with Crippen LogP contribution in [-0.2, 0) is 6.42 Å². The van der Waals surface area contributed by atoms with E-state index < -0.39 is 6.10 Å². The zero-order chi connectivity index (χ0) is 14.5. The lowest BCUT2D eigenvalue weighted by Crippen LogP contribution is -2.34. The molecule has 1 aromatic rings. The predicted molar refractivity (Wildman–Crippen MR) is 76.3 cm³/mol. The predicted octanol–water partition coefficient (Wildman–Crippen LogP) is 2.02. The molecule has 1 amide bonds. The Kier molecular flexibility index (Phi) is 5.87. The Morgan fingerprint density at radius 2 is 2.16 bits per heavy atom. The number of aryl methyl sites for hydroxylation is 1. The average molecular weight is 285 g/mol. The van der Waals surface area contributed by atoms with Crippen molar-refractivity contribution in [3.05, 3.63) is 10.6 Å². The van der Waals surface area contributed by atoms with Crippen LogP contribution >= 0.6 is 11.5 Å². The maximum Gasteiger partial charge on any atom is 0.265 e. The Morgan fingerprint density at radius 3 is 2.74 bits per heavy atom. The first-order chi connectivity index (χ1) is 8.83. The molecule has 1 atom stereocenters. The van der Waals surface area contributed by atoms with E-state index in [2.05, 4.69) is 35.7 Å². The Bertz CT molecular complexity index is 412. The van der Waals surface area contributed by atoms with Gasteiger partial charge in [-0.05, 0) is 29.8 Å². The maximum atomic E-state index is 12.0. The summed E-state index contributed by atoms with van der Waals surface area (Å²) in [5.74, 6) is -0.189. The molecular formula is C13H23N3O2S. The third kappa shape index (κ3) is 5.65. The topological polar surface area (TPSA) is 75.1 Å². The van der Waals surface area contributed by atoms with E-state index in [-0.39, 0.29) is 17.9 Å². The Labute approximate surface area is 118 Å². The number of carbonyl (C=O) groups is 1. The number of hydrogen-bond acceptors (Lipinski definition) is 5. The lowest BCUT2D eigenvalue weighted by molar-refractivity contribution is 0.0871. The van der Waals surface area contributed by atoms with Crippen molar-refractivity contribution in [2.45, 2.75) is 53.1 Å². The molecule has 0 bridgehead atoms. The van der Waals surface area contributed by atoms with E-state index in [1.165, 1.54) is 0 Å². The number of aromatic nitrogens is 2. The summed E-state index contributed by atoms with van der Waals surface area (Å²) in [7, 11) is 0. The molecule has 0 aliphatic rings. The summed E-state index contributed by atoms with van der Waals surface area (Å²) >= 11 is 1.11. The van der Waals surface area contributed by atoms with Gasteiger partial charge < -0.3 is 10.4 Å². The lowest BCUT2D eigenvalue weighted by Gasteiger charge is -2.22. The molecule has 108 valence electrons. The first-order valence-electron chi connectivity index (χ1n) is 6.61. The van der Waals surface area contributed by atoms with E-state index in [1.54, 1.807) is 0 Å². The highest BCUT2D eigenvalue weighted by molar-refractivity contribution is 7.08. The molecule has 6 heteroatoms. The number of nitrogens with one attached hydrogen (secondary N) is 1. The lowest BCUT2D eigenvalue weighted by atomic mass is 9.89. The van der Waals surface area contributed by atoms with Crippen LogP contribution in [0, 0.1) is 5.41 Å². The number of nitrogens with zero attached hydrogens (tertiary/aromatic N) is 2. The monoisotopic (exact) mass is 285 g/mol. The third-order valence-corrected chi connectivity index (χ3v) is 3.36. The van der Waals surface area contributed by atoms with Gasteiger partial charge in [-0.1, -0.05) is 38.6 Å². The van der Waals surface area contributed by atoms with Crippen molar-refractivity contribution in [3.63, 3.8) is 0 Å². The molecule has 0 fully saturated rings. The number of rotatable bonds is 6. The van der Waals surface area contributed by atoms with Crippen molar-refractivity contribution in [3.8, 4) is 0 Å². The fraction of sp³-hybridized carbons (Fsp3) is 0.769. The number of aliphatic hydroxyl groups is 1. The minimum absolute atomic E-state index is 0.0452. The molecular weight excluding hydrogens is 262 g/mol. The fourth-order valence-corrected chi connectivity index (χ4v) is 2.48. The average Bonchev–Trinajstić information content (AvgIpc) is 2.72. The summed E-state index contributed by atoms with van der Waals surface area (Å²) in [5, 5.41) is 16.6. The van der Waals surface area contributed by atoms with Gasteiger partial charge in [-0.3, -0.25) is 4.79 Å². The van der Waals surface area contributed by atoms with Crippen LogP contribution < -0.4 is 5.32 Å². The summed E-state index contributed by atoms with van der Waals surface area (Å²) in [6.45, 7) is 8.48. The standard InChI is InChI=1S/C13H23N3O2S/c1-5-6-10-11(19-16-15-10)12(18)14-8-9(17)7-13(2,3)4/h9,17H,5-8H2,1-4H3,(H,14,18). The van der Waals surface area contributed by atoms with E-state index in [4.69, 9.17) is 0 Å². The van der Waals surface area contributed by atoms with E-state index in [0.717, 1.165) is 30.1 Å². The largest absolute Gasteiger partial charge is 0.391 e. The van der Waals surface area contributed by atoms with Crippen molar-refractivity contribution < 1.29 is 9.90 Å². The molecule has 0 aliphatic heterocycles. The number of hydrogen-bond donors (Lipinski definition) is 2. The van der Waals surface area contributed by atoms with E-state index in [0.29, 0.717) is 11.3 Å². The molecule has 2 N–H and O–H groups in total. The van der Waals surface area contributed by atoms with Gasteiger partial charge in [-0.25, -0.2) is 0 Å². The van der Waals surface area contributed by atoms with Crippen LogP contribution in [0.5, 0.6) is 0 Å². The van der Waals surface area contributed by atoms with Gasteiger partial charge in [-0.2, -0.15) is 0 Å². The van der Waals surface area contributed by atoms with Gasteiger partial charge in [0.25, 0.3) is 5.91 Å². The molecule has 0 aliphatic carbocycles. The molecule has 1 aromatic heterocycles. The Balaban J connectivity index is 2.49. The fourth-order valence-electron chi connectivity index (χ4n) is 1.85. The van der Waals surface area contributed by atoms with Gasteiger partial charge in [0, 0.05) is 6.54 Å². The van der Waals surface area contributed by atoms with Crippen molar-refractivity contribution >= 4 is 17.4 Å². The number of amides is 1. The Morgan fingerprint density at radius 1 is 1.47 bits per heavy atom. The molecule has 0 saturated heterocycles. The van der Waals surface area contributed by atoms with Gasteiger partial charge in [0.15, 0.2) is 0 Å². The zero-order valence-corrected chi connectivity index (χ0v) is 12.9. The van der Waals surface area contributed by atoms with Crippen LogP contribution in [0.15, 0.2) is 0 Å². The Hall–Kier alpha value is -1.01. The summed E-state index contributed by atoms with van der Waals surface area (Å²) in [4.78, 5) is 12.5. The number of carbonyl (C=O) groups excluding carboxylic acids is 1. The van der Waals surface area contributed by atoms with Gasteiger partial charge in [-0.15, -0.1) is 5.10 Å². The van der Waals surface area contributed by atoms with Crippen LogP contribution in [0.25, 0.3) is 0 Å². The quantitative estimate of drug-likeness (QED) is 0.838. The smallest absolute Gasteiger partial charge is 0.265 e. The van der Waals surface area contributed by atoms with Crippen molar-refractivity contribution in [2.24, 2.45) is 5.41 Å². The maximum absolute atomic E-state index is 12.0. The molecule has 1 rings (SSSR count). The van der Waals surface area contributed by atoms with Gasteiger partial charge in [0.2, 0.25) is 0 Å². The summed E-state index contributed by atoms with van der Waals surface area (Å²) in [5.41, 5.74) is 0.791. The second kappa shape index (κ2) is 6.96. The van der Waals surface area contributed by atoms with E-state index >= 15 is 0 Å². The molecule has 0 aromatic carbocycles. The molecule has 1 unspecified atom stereocenters.